The number of nitrogens with zero attached hydrogens (tertiary/aromatic N) is 1. The summed E-state index contributed by atoms with van der Waals surface area (Å²) in [7, 11) is 2.12. The molecule has 20 heavy (non-hydrogen) atoms. The van der Waals surface area contributed by atoms with Crippen LogP contribution in [0.5, 0.6) is 0 Å². The maximum Gasteiger partial charge on any atom is 0.0641 e. The van der Waals surface area contributed by atoms with Crippen LogP contribution in [0, 0.1) is 5.92 Å². The van der Waals surface area contributed by atoms with Gasteiger partial charge >= 0.3 is 0 Å². The van der Waals surface area contributed by atoms with Crippen LogP contribution in [0.25, 0.3) is 0 Å². The molecule has 0 radical (unpaired) electrons. The first-order chi connectivity index (χ1) is 9.54. The number of halogens is 1. The summed E-state index contributed by atoms with van der Waals surface area (Å²) >= 11 is 3.56. The van der Waals surface area contributed by atoms with E-state index >= 15 is 0 Å². The van der Waals surface area contributed by atoms with Crippen molar-refractivity contribution in [1.82, 2.24) is 5.32 Å². The maximum absolute atomic E-state index is 5.44. The topological polar surface area (TPSA) is 24.5 Å². The van der Waals surface area contributed by atoms with Gasteiger partial charge in [-0.05, 0) is 37.1 Å². The van der Waals surface area contributed by atoms with E-state index in [1.54, 1.807) is 0 Å². The van der Waals surface area contributed by atoms with Crippen molar-refractivity contribution >= 4 is 21.6 Å². The highest BCUT2D eigenvalue weighted by molar-refractivity contribution is 9.10. The lowest BCUT2D eigenvalue weighted by Gasteiger charge is -2.23. The lowest BCUT2D eigenvalue weighted by Crippen LogP contribution is -2.26. The van der Waals surface area contributed by atoms with Crippen LogP contribution >= 0.6 is 15.9 Å². The summed E-state index contributed by atoms with van der Waals surface area (Å²) in [5.74, 6) is 0.671. The summed E-state index contributed by atoms with van der Waals surface area (Å²) in [6.45, 7) is 10.9. The largest absolute Gasteiger partial charge is 0.380 e. The van der Waals surface area contributed by atoms with Crippen molar-refractivity contribution in [3.63, 3.8) is 0 Å². The van der Waals surface area contributed by atoms with E-state index in [4.69, 9.17) is 4.74 Å². The monoisotopic (exact) mass is 342 g/mol. The first-order valence-corrected chi connectivity index (χ1v) is 8.12. The zero-order valence-electron chi connectivity index (χ0n) is 13.1. The minimum absolute atomic E-state index is 0.671. The van der Waals surface area contributed by atoms with Crippen molar-refractivity contribution in [2.45, 2.75) is 27.3 Å². The summed E-state index contributed by atoms with van der Waals surface area (Å²) in [5, 5.41) is 3.51. The van der Waals surface area contributed by atoms with E-state index in [2.05, 4.69) is 65.2 Å². The Kier molecular flexibility index (Phi) is 8.19. The summed E-state index contributed by atoms with van der Waals surface area (Å²) in [5.41, 5.74) is 2.59. The number of nitrogens with one attached hydrogen (secondary N) is 1. The van der Waals surface area contributed by atoms with Crippen molar-refractivity contribution < 1.29 is 4.74 Å². The van der Waals surface area contributed by atoms with E-state index < -0.39 is 0 Å². The molecule has 0 heterocycles. The fourth-order valence-corrected chi connectivity index (χ4v) is 2.35. The second-order valence-electron chi connectivity index (χ2n) is 5.42. The summed E-state index contributed by atoms with van der Waals surface area (Å²) in [4.78, 5) is 2.26. The number of rotatable bonds is 9. The Balaban J connectivity index is 2.68. The zero-order valence-corrected chi connectivity index (χ0v) is 14.7. The molecule has 3 nitrogen and oxygen atoms in total. The number of ether oxygens (including phenoxy) is 1. The fourth-order valence-electron chi connectivity index (χ4n) is 2.00. The van der Waals surface area contributed by atoms with E-state index in [0.717, 1.165) is 37.3 Å². The molecule has 0 aliphatic carbocycles. The van der Waals surface area contributed by atoms with Crippen LogP contribution in [-0.4, -0.2) is 33.4 Å². The van der Waals surface area contributed by atoms with E-state index in [1.165, 1.54) is 11.3 Å². The Morgan fingerprint density at radius 3 is 2.75 bits per heavy atom. The van der Waals surface area contributed by atoms with Crippen LogP contribution in [0.15, 0.2) is 22.7 Å². The summed E-state index contributed by atoms with van der Waals surface area (Å²) < 4.78 is 6.55. The Hall–Kier alpha value is -0.580. The molecule has 0 aliphatic rings. The van der Waals surface area contributed by atoms with Gasteiger partial charge in [0.05, 0.1) is 6.61 Å². The SMILES string of the molecule is CCOCCN(C)c1cc(Br)ccc1CNCC(C)C. The average Bonchev–Trinajstić information content (AvgIpc) is 2.40. The molecule has 0 saturated heterocycles. The van der Waals surface area contributed by atoms with Crippen molar-refractivity contribution in [2.75, 3.05) is 38.3 Å². The number of anilines is 1. The molecule has 0 bridgehead atoms. The third-order valence-corrected chi connectivity index (χ3v) is 3.60. The molecule has 0 aromatic heterocycles. The third kappa shape index (κ3) is 6.25. The van der Waals surface area contributed by atoms with Gasteiger partial charge in [0.15, 0.2) is 0 Å². The molecule has 114 valence electrons. The lowest BCUT2D eigenvalue weighted by molar-refractivity contribution is 0.154. The molecule has 0 amide bonds. The second kappa shape index (κ2) is 9.37. The standard InChI is InChI=1S/C16H27BrN2O/c1-5-20-9-8-19(4)16-10-15(17)7-6-14(16)12-18-11-13(2)3/h6-7,10,13,18H,5,8-9,11-12H2,1-4H3. The molecular weight excluding hydrogens is 316 g/mol. The Morgan fingerprint density at radius 1 is 1.35 bits per heavy atom. The van der Waals surface area contributed by atoms with Crippen LogP contribution in [0.3, 0.4) is 0 Å². The number of hydrogen-bond acceptors (Lipinski definition) is 3. The molecule has 0 atom stereocenters. The predicted octanol–water partition coefficient (Wildman–Crippen LogP) is 3.67. The van der Waals surface area contributed by atoms with Crippen LogP contribution in [0.4, 0.5) is 5.69 Å². The molecule has 1 aromatic carbocycles. The van der Waals surface area contributed by atoms with Gasteiger partial charge in [-0.1, -0.05) is 35.8 Å². The first-order valence-electron chi connectivity index (χ1n) is 7.32. The fraction of sp³-hybridized carbons (Fsp3) is 0.625. The van der Waals surface area contributed by atoms with E-state index in [-0.39, 0.29) is 0 Å². The van der Waals surface area contributed by atoms with E-state index in [0.29, 0.717) is 5.92 Å². The molecule has 1 rings (SSSR count). The van der Waals surface area contributed by atoms with Crippen molar-refractivity contribution in [3.05, 3.63) is 28.2 Å². The van der Waals surface area contributed by atoms with Gasteiger partial charge in [0.25, 0.3) is 0 Å². The number of benzene rings is 1. The van der Waals surface area contributed by atoms with Gasteiger partial charge in [-0.2, -0.15) is 0 Å². The van der Waals surface area contributed by atoms with Gasteiger partial charge in [-0.3, -0.25) is 0 Å². The van der Waals surface area contributed by atoms with Crippen molar-refractivity contribution in [3.8, 4) is 0 Å². The third-order valence-electron chi connectivity index (χ3n) is 3.10. The van der Waals surface area contributed by atoms with E-state index in [1.807, 2.05) is 6.92 Å². The van der Waals surface area contributed by atoms with Crippen molar-refractivity contribution in [1.29, 1.82) is 0 Å². The van der Waals surface area contributed by atoms with Gasteiger partial charge in [0.2, 0.25) is 0 Å². The van der Waals surface area contributed by atoms with Gasteiger partial charge in [-0.15, -0.1) is 0 Å². The molecule has 0 spiro atoms. The molecule has 0 fully saturated rings. The minimum atomic E-state index is 0.671. The number of hydrogen-bond donors (Lipinski definition) is 1. The molecule has 0 aliphatic heterocycles. The van der Waals surface area contributed by atoms with Gasteiger partial charge in [0, 0.05) is 36.9 Å². The molecule has 1 N–H and O–H groups in total. The maximum atomic E-state index is 5.44. The highest BCUT2D eigenvalue weighted by Crippen LogP contribution is 2.24. The summed E-state index contributed by atoms with van der Waals surface area (Å²) in [6.07, 6.45) is 0. The highest BCUT2D eigenvalue weighted by atomic mass is 79.9. The quantitative estimate of drug-likeness (QED) is 0.693. The van der Waals surface area contributed by atoms with E-state index in [9.17, 15) is 0 Å². The lowest BCUT2D eigenvalue weighted by atomic mass is 10.1. The zero-order chi connectivity index (χ0) is 15.0. The van der Waals surface area contributed by atoms with Gasteiger partial charge < -0.3 is 15.0 Å². The Morgan fingerprint density at radius 2 is 2.10 bits per heavy atom. The first kappa shape index (κ1) is 17.5. The molecular formula is C16H27BrN2O. The van der Waals surface area contributed by atoms with Crippen LogP contribution in [-0.2, 0) is 11.3 Å². The van der Waals surface area contributed by atoms with Crippen LogP contribution in [0.1, 0.15) is 26.3 Å². The molecule has 1 aromatic rings. The summed E-state index contributed by atoms with van der Waals surface area (Å²) in [6, 6.07) is 6.47. The smallest absolute Gasteiger partial charge is 0.0641 e. The molecule has 0 saturated carbocycles. The highest BCUT2D eigenvalue weighted by Gasteiger charge is 2.08. The normalized spacial score (nSPS) is 11.1. The molecule has 0 unspecified atom stereocenters. The molecule has 4 heteroatoms. The average molecular weight is 343 g/mol. The Labute approximate surface area is 131 Å². The van der Waals surface area contributed by atoms with Gasteiger partial charge in [-0.25, -0.2) is 0 Å². The minimum Gasteiger partial charge on any atom is -0.380 e. The van der Waals surface area contributed by atoms with Crippen LogP contribution in [0.2, 0.25) is 0 Å². The predicted molar refractivity (Wildman–Crippen MR) is 90.4 cm³/mol. The van der Waals surface area contributed by atoms with Gasteiger partial charge in [0.1, 0.15) is 0 Å². The number of likely N-dealkylation sites (N-methyl/N-ethyl adjacent to an activating group) is 1. The van der Waals surface area contributed by atoms with Crippen molar-refractivity contribution in [2.24, 2.45) is 5.92 Å². The second-order valence-corrected chi connectivity index (χ2v) is 6.33. The van der Waals surface area contributed by atoms with Crippen LogP contribution < -0.4 is 10.2 Å². The Bertz CT molecular complexity index is 396.